The summed E-state index contributed by atoms with van der Waals surface area (Å²) in [6.07, 6.45) is 0. The number of ether oxygens (including phenoxy) is 1. The molecule has 1 atom stereocenters. The van der Waals surface area contributed by atoms with Crippen molar-refractivity contribution in [3.8, 4) is 0 Å². The fraction of sp³-hybridized carbons (Fsp3) is 0.385. The van der Waals surface area contributed by atoms with Gasteiger partial charge in [0.2, 0.25) is 0 Å². The maximum Gasteiger partial charge on any atom is 0.329 e. The number of hydrogen-bond acceptors (Lipinski definition) is 8. The van der Waals surface area contributed by atoms with Crippen LogP contribution in [0, 0.1) is 5.21 Å². The lowest BCUT2D eigenvalue weighted by Crippen LogP contribution is -2.43. The van der Waals surface area contributed by atoms with Gasteiger partial charge in [0.15, 0.2) is 0 Å². The zero-order chi connectivity index (χ0) is 16.5. The van der Waals surface area contributed by atoms with Crippen molar-refractivity contribution < 1.29 is 24.4 Å². The molecule has 0 aromatic heterocycles. The molecule has 0 fully saturated rings. The highest BCUT2D eigenvalue weighted by Crippen LogP contribution is 2.07. The number of amides is 1. The number of rotatable bonds is 8. The maximum absolute atomic E-state index is 12.0. The Kier molecular flexibility index (Phi) is 7.85. The van der Waals surface area contributed by atoms with Gasteiger partial charge in [-0.05, 0) is 24.6 Å². The van der Waals surface area contributed by atoms with Crippen LogP contribution in [0.3, 0.4) is 0 Å². The Morgan fingerprint density at radius 1 is 1.41 bits per heavy atom. The second kappa shape index (κ2) is 9.38. The second-order valence-electron chi connectivity index (χ2n) is 4.17. The van der Waals surface area contributed by atoms with Crippen LogP contribution >= 0.6 is 12.6 Å². The lowest BCUT2D eigenvalue weighted by molar-refractivity contribution is -0.312. The van der Waals surface area contributed by atoms with E-state index in [9.17, 15) is 14.8 Å². The van der Waals surface area contributed by atoms with Crippen LogP contribution in [0.5, 0.6) is 0 Å². The number of nitrogens with zero attached hydrogens (tertiary/aromatic N) is 1. The summed E-state index contributed by atoms with van der Waals surface area (Å²) >= 11 is 4.01. The van der Waals surface area contributed by atoms with E-state index in [1.54, 1.807) is 19.1 Å². The Balaban J connectivity index is 2.63. The number of carbonyl (C=O) groups excluding carboxylic acids is 2. The van der Waals surface area contributed by atoms with E-state index in [4.69, 9.17) is 9.94 Å². The largest absolute Gasteiger partial charge is 0.738 e. The molecule has 0 heterocycles. The van der Waals surface area contributed by atoms with Gasteiger partial charge in [-0.25, -0.2) is 4.79 Å². The molecule has 0 aliphatic rings. The molecule has 0 saturated heterocycles. The van der Waals surface area contributed by atoms with Gasteiger partial charge in [0.25, 0.3) is 5.91 Å². The third-order valence-electron chi connectivity index (χ3n) is 2.62. The van der Waals surface area contributed by atoms with Crippen LogP contribution in [-0.4, -0.2) is 40.9 Å². The Bertz CT molecular complexity index is 494. The van der Waals surface area contributed by atoms with Gasteiger partial charge < -0.3 is 20.5 Å². The molecule has 0 radical (unpaired) electrons. The Hall–Kier alpha value is -1.65. The molecule has 22 heavy (non-hydrogen) atoms. The van der Waals surface area contributed by atoms with Crippen molar-refractivity contribution in [3.05, 3.63) is 40.6 Å². The molecule has 1 rings (SSSR count). The predicted octanol–water partition coefficient (Wildman–Crippen LogP) is 0.899. The van der Waals surface area contributed by atoms with E-state index in [1.165, 1.54) is 12.1 Å². The van der Waals surface area contributed by atoms with E-state index in [-0.39, 0.29) is 19.0 Å². The minimum atomic E-state index is -0.831. The van der Waals surface area contributed by atoms with Crippen LogP contribution in [0.15, 0.2) is 24.3 Å². The average Bonchev–Trinajstić information content (AvgIpc) is 2.51. The van der Waals surface area contributed by atoms with E-state index < -0.39 is 23.3 Å². The van der Waals surface area contributed by atoms with Crippen LogP contribution < -0.4 is 5.32 Å². The Morgan fingerprint density at radius 2 is 2.05 bits per heavy atom. The highest BCUT2D eigenvalue weighted by Gasteiger charge is 2.20. The molecule has 1 unspecified atom stereocenters. The van der Waals surface area contributed by atoms with E-state index in [1.807, 2.05) is 0 Å². The molecule has 1 amide bonds. The first-order valence-electron chi connectivity index (χ1n) is 6.44. The van der Waals surface area contributed by atoms with Gasteiger partial charge in [0.05, 0.1) is 13.2 Å². The molecule has 0 spiro atoms. The number of thiol groups is 1. The van der Waals surface area contributed by atoms with Gasteiger partial charge in [-0.3, -0.25) is 9.63 Å². The zero-order valence-corrected chi connectivity index (χ0v) is 12.8. The van der Waals surface area contributed by atoms with Crippen molar-refractivity contribution in [2.24, 2.45) is 0 Å². The molecular formula is C13H17N2O6S-. The highest BCUT2D eigenvalue weighted by atomic mass is 32.1. The van der Waals surface area contributed by atoms with Crippen molar-refractivity contribution >= 4 is 24.5 Å². The van der Waals surface area contributed by atoms with Crippen LogP contribution in [0.4, 0.5) is 0 Å². The summed E-state index contributed by atoms with van der Waals surface area (Å²) in [5.74, 6) is -0.881. The Labute approximate surface area is 132 Å². The van der Waals surface area contributed by atoms with Crippen molar-refractivity contribution in [1.29, 1.82) is 0 Å². The second-order valence-corrected chi connectivity index (χ2v) is 4.53. The van der Waals surface area contributed by atoms with Gasteiger partial charge in [0, 0.05) is 11.3 Å². The molecule has 0 saturated carbocycles. The van der Waals surface area contributed by atoms with Gasteiger partial charge in [-0.15, -0.1) is 5.39 Å². The smallest absolute Gasteiger partial charge is 0.329 e. The third-order valence-corrected chi connectivity index (χ3v) is 2.98. The first kappa shape index (κ1) is 18.4. The zero-order valence-electron chi connectivity index (χ0n) is 11.9. The predicted molar refractivity (Wildman–Crippen MR) is 80.0 cm³/mol. The molecule has 0 aliphatic carbocycles. The summed E-state index contributed by atoms with van der Waals surface area (Å²) in [6.45, 7) is 1.75. The molecule has 2 N–H and O–H groups in total. The molecule has 9 heteroatoms. The molecule has 1 aromatic rings. The summed E-state index contributed by atoms with van der Waals surface area (Å²) in [7, 11) is 0. The third kappa shape index (κ3) is 6.00. The van der Waals surface area contributed by atoms with E-state index in [0.717, 1.165) is 0 Å². The van der Waals surface area contributed by atoms with E-state index in [0.29, 0.717) is 11.1 Å². The van der Waals surface area contributed by atoms with Crippen LogP contribution in [0.25, 0.3) is 0 Å². The summed E-state index contributed by atoms with van der Waals surface area (Å²) in [5.41, 5.74) is 0.908. The summed E-state index contributed by atoms with van der Waals surface area (Å²) in [5, 5.41) is 20.4. The van der Waals surface area contributed by atoms with Gasteiger partial charge >= 0.3 is 5.97 Å². The normalized spacial score (nSPS) is 12.0. The van der Waals surface area contributed by atoms with Crippen molar-refractivity contribution in [2.75, 3.05) is 12.4 Å². The summed E-state index contributed by atoms with van der Waals surface area (Å²) < 4.78 is 4.83. The lowest BCUT2D eigenvalue weighted by Gasteiger charge is -2.18. The van der Waals surface area contributed by atoms with Crippen molar-refractivity contribution in [2.45, 2.75) is 19.6 Å². The fourth-order valence-electron chi connectivity index (χ4n) is 1.55. The highest BCUT2D eigenvalue weighted by molar-refractivity contribution is 7.80. The number of nitrogens with one attached hydrogen (secondary N) is 1. The molecule has 8 nitrogen and oxygen atoms in total. The fourth-order valence-corrected chi connectivity index (χ4v) is 1.79. The monoisotopic (exact) mass is 329 g/mol. The van der Waals surface area contributed by atoms with Crippen molar-refractivity contribution in [1.82, 2.24) is 10.7 Å². The summed E-state index contributed by atoms with van der Waals surface area (Å²) in [4.78, 5) is 27.9. The quantitative estimate of drug-likeness (QED) is 0.369. The van der Waals surface area contributed by atoms with E-state index in [2.05, 4.69) is 22.8 Å². The number of hydrogen-bond donors (Lipinski definition) is 3. The van der Waals surface area contributed by atoms with Crippen molar-refractivity contribution in [3.63, 3.8) is 0 Å². The van der Waals surface area contributed by atoms with Crippen LogP contribution in [0.2, 0.25) is 0 Å². The van der Waals surface area contributed by atoms with Gasteiger partial charge in [-0.1, -0.05) is 12.1 Å². The SMILES string of the molecule is CCOC(=O)C(CS)NC(=O)c1ccc(CON([O-])O)cc1. The van der Waals surface area contributed by atoms with Gasteiger partial charge in [0.1, 0.15) is 6.04 Å². The molecule has 0 aliphatic heterocycles. The minimum absolute atomic E-state index is 0.117. The first-order valence-corrected chi connectivity index (χ1v) is 7.07. The van der Waals surface area contributed by atoms with Crippen LogP contribution in [-0.2, 0) is 21.0 Å². The topological polar surface area (TPSA) is 111 Å². The standard InChI is InChI=1S/C13H17N2O6S/c1-2-20-13(17)11(8-22)14-12(16)10-5-3-9(4-6-10)7-21-15(18)19/h3-6,11,18,22H,2,7-8H2,1H3,(H,14,16)/q-1. The average molecular weight is 329 g/mol. The molecule has 122 valence electrons. The first-order chi connectivity index (χ1) is 10.5. The summed E-state index contributed by atoms with van der Waals surface area (Å²) in [6, 6.07) is 5.28. The number of carbonyl (C=O) groups is 2. The molecule has 1 aromatic carbocycles. The Morgan fingerprint density at radius 3 is 2.55 bits per heavy atom. The molecule has 0 bridgehead atoms. The number of benzene rings is 1. The minimum Gasteiger partial charge on any atom is -0.738 e. The molecular weight excluding hydrogens is 312 g/mol. The van der Waals surface area contributed by atoms with Gasteiger partial charge in [-0.2, -0.15) is 12.6 Å². The van der Waals surface area contributed by atoms with E-state index >= 15 is 0 Å². The maximum atomic E-state index is 12.0. The lowest BCUT2D eigenvalue weighted by atomic mass is 10.1. The number of esters is 1. The van der Waals surface area contributed by atoms with Crippen LogP contribution in [0.1, 0.15) is 22.8 Å².